The first-order valence-electron chi connectivity index (χ1n) is 9.50. The van der Waals surface area contributed by atoms with E-state index in [1.807, 2.05) is 0 Å². The number of hydrogen-bond acceptors (Lipinski definition) is 2. The molecule has 4 heteroatoms. The van der Waals surface area contributed by atoms with Crippen LogP contribution >= 0.6 is 22.6 Å². The Bertz CT molecular complexity index is 455. The molecule has 0 aliphatic heterocycles. The van der Waals surface area contributed by atoms with E-state index in [4.69, 9.17) is 9.16 Å². The summed E-state index contributed by atoms with van der Waals surface area (Å²) >= 11 is 2.50. The Hall–Kier alpha value is 0.347. The number of halogens is 1. The molecule has 0 saturated heterocycles. The molecule has 0 rings (SSSR count). The number of ether oxygens (including phenoxy) is 1. The highest BCUT2D eigenvalue weighted by atomic mass is 127. The highest BCUT2D eigenvalue weighted by Crippen LogP contribution is 2.40. The van der Waals surface area contributed by atoms with E-state index in [9.17, 15) is 0 Å². The molecule has 0 saturated carbocycles. The standard InChI is InChI=1S/C21H41IO2Si/c1-11-21(8,22)19(24-25(9,10)20(5,6)7)23-16-15-18(4)14-12-13-17(2)3/h13,15,19H,11-12,14,16H2,1-10H3/b18-15+/t19-,21+/m0/s1. The van der Waals surface area contributed by atoms with E-state index < -0.39 is 8.32 Å². The van der Waals surface area contributed by atoms with Gasteiger partial charge in [0, 0.05) is 0 Å². The third kappa shape index (κ3) is 9.73. The van der Waals surface area contributed by atoms with Crippen molar-refractivity contribution in [2.75, 3.05) is 6.61 Å². The zero-order chi connectivity index (χ0) is 19.9. The first-order chi connectivity index (χ1) is 11.2. The van der Waals surface area contributed by atoms with E-state index in [0.29, 0.717) is 6.61 Å². The lowest BCUT2D eigenvalue weighted by Gasteiger charge is -2.42. The van der Waals surface area contributed by atoms with Crippen LogP contribution in [0.15, 0.2) is 23.3 Å². The van der Waals surface area contributed by atoms with E-state index in [2.05, 4.69) is 103 Å². The van der Waals surface area contributed by atoms with E-state index in [-0.39, 0.29) is 14.8 Å². The molecule has 0 bridgehead atoms. The van der Waals surface area contributed by atoms with Gasteiger partial charge in [0.1, 0.15) is 0 Å². The Morgan fingerprint density at radius 1 is 1.08 bits per heavy atom. The van der Waals surface area contributed by atoms with Gasteiger partial charge in [-0.2, -0.15) is 0 Å². The van der Waals surface area contributed by atoms with E-state index >= 15 is 0 Å². The van der Waals surface area contributed by atoms with Crippen molar-refractivity contribution >= 4 is 30.9 Å². The normalized spacial score (nSPS) is 17.2. The summed E-state index contributed by atoms with van der Waals surface area (Å²) in [5.74, 6) is 0. The molecule has 0 aromatic rings. The van der Waals surface area contributed by atoms with Crippen LogP contribution in [0, 0.1) is 0 Å². The Kier molecular flexibility index (Phi) is 10.8. The van der Waals surface area contributed by atoms with Crippen LogP contribution in [0.3, 0.4) is 0 Å². The molecule has 0 amide bonds. The van der Waals surface area contributed by atoms with Gasteiger partial charge in [-0.25, -0.2) is 0 Å². The van der Waals surface area contributed by atoms with Gasteiger partial charge in [-0.1, -0.05) is 73.6 Å². The zero-order valence-corrected chi connectivity index (χ0v) is 21.4. The highest BCUT2D eigenvalue weighted by molar-refractivity contribution is 14.1. The maximum Gasteiger partial charge on any atom is 0.195 e. The molecular weight excluding hydrogens is 439 g/mol. The molecule has 0 aromatic heterocycles. The minimum atomic E-state index is -1.86. The first-order valence-corrected chi connectivity index (χ1v) is 13.5. The van der Waals surface area contributed by atoms with Crippen LogP contribution in [0.1, 0.15) is 74.7 Å². The molecular formula is C21H41IO2Si. The molecule has 0 heterocycles. The molecule has 2 atom stereocenters. The van der Waals surface area contributed by atoms with Gasteiger partial charge in [0.25, 0.3) is 0 Å². The lowest BCUT2D eigenvalue weighted by molar-refractivity contribution is -0.0953. The second kappa shape index (κ2) is 10.6. The van der Waals surface area contributed by atoms with Crippen molar-refractivity contribution in [1.29, 1.82) is 0 Å². The maximum absolute atomic E-state index is 6.62. The lowest BCUT2D eigenvalue weighted by atomic mass is 10.1. The quantitative estimate of drug-likeness (QED) is 0.105. The van der Waals surface area contributed by atoms with Crippen LogP contribution in [0.25, 0.3) is 0 Å². The van der Waals surface area contributed by atoms with Gasteiger partial charge in [-0.15, -0.1) is 0 Å². The Morgan fingerprint density at radius 3 is 2.08 bits per heavy atom. The molecule has 148 valence electrons. The van der Waals surface area contributed by atoms with Crippen molar-refractivity contribution < 1.29 is 9.16 Å². The fourth-order valence-corrected chi connectivity index (χ4v) is 3.67. The first kappa shape index (κ1) is 25.3. The number of hydrogen-bond donors (Lipinski definition) is 0. The topological polar surface area (TPSA) is 18.5 Å². The Labute approximate surface area is 172 Å². The van der Waals surface area contributed by atoms with E-state index in [1.54, 1.807) is 0 Å². The van der Waals surface area contributed by atoms with Gasteiger partial charge >= 0.3 is 0 Å². The van der Waals surface area contributed by atoms with E-state index in [1.165, 1.54) is 11.1 Å². The van der Waals surface area contributed by atoms with Crippen LogP contribution in [-0.2, 0) is 9.16 Å². The average Bonchev–Trinajstić information content (AvgIpc) is 2.44. The summed E-state index contributed by atoms with van der Waals surface area (Å²) in [6, 6.07) is 0. The number of rotatable bonds is 10. The van der Waals surface area contributed by atoms with Gasteiger partial charge in [-0.3, -0.25) is 0 Å². The molecule has 0 spiro atoms. The van der Waals surface area contributed by atoms with Gasteiger partial charge in [0.05, 0.1) is 10.0 Å². The smallest absolute Gasteiger partial charge is 0.195 e. The fraction of sp³-hybridized carbons (Fsp3) is 0.810. The lowest BCUT2D eigenvalue weighted by Crippen LogP contribution is -2.50. The van der Waals surface area contributed by atoms with Gasteiger partial charge in [0.2, 0.25) is 0 Å². The van der Waals surface area contributed by atoms with Gasteiger partial charge in [-0.05, 0) is 65.1 Å². The summed E-state index contributed by atoms with van der Waals surface area (Å²) in [6.07, 6.45) is 7.56. The zero-order valence-electron chi connectivity index (χ0n) is 18.3. The van der Waals surface area contributed by atoms with Gasteiger partial charge < -0.3 is 9.16 Å². The summed E-state index contributed by atoms with van der Waals surface area (Å²) in [4.78, 5) is 0. The van der Waals surface area contributed by atoms with Crippen LogP contribution in [0.5, 0.6) is 0 Å². The molecule has 25 heavy (non-hydrogen) atoms. The minimum Gasteiger partial charge on any atom is -0.391 e. The van der Waals surface area contributed by atoms with E-state index in [0.717, 1.165) is 19.3 Å². The van der Waals surface area contributed by atoms with Crippen LogP contribution in [0.2, 0.25) is 18.1 Å². The third-order valence-corrected chi connectivity index (χ3v) is 10.8. The number of alkyl halides is 1. The Morgan fingerprint density at radius 2 is 1.64 bits per heavy atom. The second-order valence-electron chi connectivity index (χ2n) is 9.05. The van der Waals surface area contributed by atoms with Gasteiger partial charge in [0.15, 0.2) is 14.6 Å². The summed E-state index contributed by atoms with van der Waals surface area (Å²) in [5.41, 5.74) is 2.77. The minimum absolute atomic E-state index is 0.0168. The molecule has 0 aliphatic rings. The predicted octanol–water partition coefficient (Wildman–Crippen LogP) is 7.65. The number of allylic oxidation sites excluding steroid dienone is 3. The van der Waals surface area contributed by atoms with Crippen molar-refractivity contribution in [2.45, 2.75) is 102 Å². The Balaban J connectivity index is 4.91. The van der Waals surface area contributed by atoms with Crippen molar-refractivity contribution in [1.82, 2.24) is 0 Å². The molecule has 0 fully saturated rings. The third-order valence-electron chi connectivity index (χ3n) is 5.16. The molecule has 0 radical (unpaired) electrons. The highest BCUT2D eigenvalue weighted by Gasteiger charge is 2.43. The SMILES string of the molecule is CC[C@@](C)(I)[C@@H](OC/C=C(\C)CCC=C(C)C)O[Si](C)(C)C(C)(C)C. The van der Waals surface area contributed by atoms with Crippen LogP contribution < -0.4 is 0 Å². The fourth-order valence-electron chi connectivity index (χ4n) is 1.91. The van der Waals surface area contributed by atoms with Crippen LogP contribution in [0.4, 0.5) is 0 Å². The largest absolute Gasteiger partial charge is 0.391 e. The molecule has 2 nitrogen and oxygen atoms in total. The summed E-state index contributed by atoms with van der Waals surface area (Å²) in [5, 5.41) is 0.186. The van der Waals surface area contributed by atoms with Crippen LogP contribution in [-0.4, -0.2) is 24.6 Å². The maximum atomic E-state index is 6.62. The predicted molar refractivity (Wildman–Crippen MR) is 123 cm³/mol. The van der Waals surface area contributed by atoms with Crippen molar-refractivity contribution in [3.05, 3.63) is 23.3 Å². The summed E-state index contributed by atoms with van der Waals surface area (Å²) in [6.45, 7) is 23.0. The molecule has 0 aliphatic carbocycles. The molecule has 0 aromatic carbocycles. The summed E-state index contributed by atoms with van der Waals surface area (Å²) in [7, 11) is -1.86. The molecule has 0 N–H and O–H groups in total. The molecule has 0 unspecified atom stereocenters. The summed E-state index contributed by atoms with van der Waals surface area (Å²) < 4.78 is 12.8. The van der Waals surface area contributed by atoms with Crippen molar-refractivity contribution in [3.63, 3.8) is 0 Å². The average molecular weight is 481 g/mol. The second-order valence-corrected chi connectivity index (χ2v) is 16.3. The van der Waals surface area contributed by atoms with Crippen molar-refractivity contribution in [3.8, 4) is 0 Å². The monoisotopic (exact) mass is 480 g/mol. The van der Waals surface area contributed by atoms with Crippen molar-refractivity contribution in [2.24, 2.45) is 0 Å².